The van der Waals surface area contributed by atoms with Gasteiger partial charge in [-0.15, -0.1) is 0 Å². The van der Waals surface area contributed by atoms with Crippen molar-refractivity contribution in [3.63, 3.8) is 0 Å². The molecule has 0 radical (unpaired) electrons. The molecule has 7 nitrogen and oxygen atoms in total. The number of anilines is 1. The second kappa shape index (κ2) is 9.67. The van der Waals surface area contributed by atoms with Crippen molar-refractivity contribution < 1.29 is 14.3 Å². The van der Waals surface area contributed by atoms with Crippen LogP contribution in [0.3, 0.4) is 0 Å². The molecule has 0 aliphatic heterocycles. The largest absolute Gasteiger partial charge is 0.444 e. The summed E-state index contributed by atoms with van der Waals surface area (Å²) in [6.45, 7) is 0.441. The lowest BCUT2D eigenvalue weighted by Gasteiger charge is -2.22. The van der Waals surface area contributed by atoms with Crippen LogP contribution in [0.25, 0.3) is 0 Å². The molecule has 7 heteroatoms. The first kappa shape index (κ1) is 22.2. The Morgan fingerprint density at radius 2 is 1.55 bits per heavy atom. The summed E-state index contributed by atoms with van der Waals surface area (Å²) in [5, 5.41) is 10.5. The normalized spacial score (nSPS) is 13.6. The van der Waals surface area contributed by atoms with E-state index in [2.05, 4.69) is 5.32 Å². The highest BCUT2D eigenvalue weighted by atomic mass is 16.6. The molecule has 0 spiro atoms. The minimum atomic E-state index is -0.941. The monoisotopic (exact) mass is 442 g/mol. The van der Waals surface area contributed by atoms with Crippen LogP contribution in [0.4, 0.5) is 10.5 Å². The van der Waals surface area contributed by atoms with E-state index in [1.807, 2.05) is 54.6 Å². The van der Waals surface area contributed by atoms with Gasteiger partial charge in [-0.05, 0) is 47.2 Å². The van der Waals surface area contributed by atoms with Crippen molar-refractivity contribution in [1.29, 1.82) is 5.41 Å². The maximum absolute atomic E-state index is 12.8. The number of hydrogen-bond acceptors (Lipinski definition) is 5. The van der Waals surface area contributed by atoms with Crippen LogP contribution >= 0.6 is 0 Å². The summed E-state index contributed by atoms with van der Waals surface area (Å²) >= 11 is 0. The van der Waals surface area contributed by atoms with E-state index in [4.69, 9.17) is 15.9 Å². The molecule has 0 fully saturated rings. The summed E-state index contributed by atoms with van der Waals surface area (Å²) in [5.41, 5.74) is 9.92. The van der Waals surface area contributed by atoms with Crippen LogP contribution in [-0.4, -0.2) is 23.9 Å². The molecule has 0 heterocycles. The molecule has 0 saturated heterocycles. The summed E-state index contributed by atoms with van der Waals surface area (Å²) in [6, 6.07) is 24.3. The average Bonchev–Trinajstić information content (AvgIpc) is 3.20. The molecule has 0 saturated carbocycles. The van der Waals surface area contributed by atoms with Gasteiger partial charge in [0.05, 0.1) is 12.0 Å². The fourth-order valence-corrected chi connectivity index (χ4v) is 3.96. The van der Waals surface area contributed by atoms with Gasteiger partial charge in [0.25, 0.3) is 0 Å². The Labute approximate surface area is 192 Å². The second-order valence-electron chi connectivity index (χ2n) is 8.17. The summed E-state index contributed by atoms with van der Waals surface area (Å²) in [5.74, 6) is -0.187. The Hall–Kier alpha value is -3.97. The van der Waals surface area contributed by atoms with Gasteiger partial charge >= 0.3 is 6.09 Å². The van der Waals surface area contributed by atoms with Crippen molar-refractivity contribution >= 4 is 24.0 Å². The number of carbonyl (C=O) groups excluding carboxylic acids is 2. The van der Waals surface area contributed by atoms with E-state index in [-0.39, 0.29) is 12.5 Å². The van der Waals surface area contributed by atoms with Crippen LogP contribution < -0.4 is 16.0 Å². The number of amides is 2. The van der Waals surface area contributed by atoms with Crippen LogP contribution in [0.5, 0.6) is 0 Å². The summed E-state index contributed by atoms with van der Waals surface area (Å²) in [4.78, 5) is 26.3. The molecule has 0 atom stereocenters. The zero-order valence-electron chi connectivity index (χ0n) is 18.2. The Balaban J connectivity index is 1.32. The SMILES string of the molecule is N=CN(C(=O)OCc1ccccc1)c1ccc(CNC(=O)C2(N)Cc3ccccc3C2)cc1. The lowest BCUT2D eigenvalue weighted by molar-refractivity contribution is -0.126. The van der Waals surface area contributed by atoms with Crippen LogP contribution in [0.1, 0.15) is 22.3 Å². The first-order chi connectivity index (χ1) is 16.0. The van der Waals surface area contributed by atoms with Gasteiger partial charge in [-0.3, -0.25) is 10.2 Å². The number of nitrogens with one attached hydrogen (secondary N) is 2. The zero-order valence-corrected chi connectivity index (χ0v) is 18.2. The van der Waals surface area contributed by atoms with Gasteiger partial charge in [0, 0.05) is 6.54 Å². The highest BCUT2D eigenvalue weighted by molar-refractivity contribution is 6.03. The van der Waals surface area contributed by atoms with Gasteiger partial charge in [0.2, 0.25) is 5.91 Å². The molecule has 3 aromatic carbocycles. The topological polar surface area (TPSA) is 109 Å². The standard InChI is InChI=1S/C26H26N4O3/c27-18-30(25(32)33-17-20-6-2-1-3-7-20)23-12-10-19(11-13-23)16-29-24(31)26(28)14-21-8-4-5-9-22(21)15-26/h1-13,18,27H,14-17,28H2,(H,29,31). The van der Waals surface area contributed by atoms with Gasteiger partial charge < -0.3 is 15.8 Å². The number of benzene rings is 3. The van der Waals surface area contributed by atoms with Crippen LogP contribution in [0, 0.1) is 5.41 Å². The first-order valence-electron chi connectivity index (χ1n) is 10.7. The highest BCUT2D eigenvalue weighted by Gasteiger charge is 2.39. The molecule has 4 N–H and O–H groups in total. The van der Waals surface area contributed by atoms with Crippen molar-refractivity contribution in [3.05, 3.63) is 101 Å². The number of nitrogens with zero attached hydrogens (tertiary/aromatic N) is 1. The second-order valence-corrected chi connectivity index (χ2v) is 8.17. The molecule has 168 valence electrons. The van der Waals surface area contributed by atoms with E-state index in [0.29, 0.717) is 25.1 Å². The van der Waals surface area contributed by atoms with Crippen LogP contribution in [0.15, 0.2) is 78.9 Å². The van der Waals surface area contributed by atoms with Crippen molar-refractivity contribution in [2.24, 2.45) is 5.73 Å². The zero-order chi connectivity index (χ0) is 23.3. The molecular weight excluding hydrogens is 416 g/mol. The maximum Gasteiger partial charge on any atom is 0.420 e. The molecule has 0 unspecified atom stereocenters. The maximum atomic E-state index is 12.8. The first-order valence-corrected chi connectivity index (χ1v) is 10.7. The summed E-state index contributed by atoms with van der Waals surface area (Å²) < 4.78 is 5.30. The van der Waals surface area contributed by atoms with E-state index >= 15 is 0 Å². The van der Waals surface area contributed by atoms with E-state index in [1.54, 1.807) is 24.3 Å². The third kappa shape index (κ3) is 5.10. The Bertz CT molecular complexity index is 1120. The van der Waals surface area contributed by atoms with E-state index < -0.39 is 11.6 Å². The predicted octanol–water partition coefficient (Wildman–Crippen LogP) is 3.55. The van der Waals surface area contributed by atoms with Gasteiger partial charge in [-0.1, -0.05) is 66.7 Å². The van der Waals surface area contributed by atoms with E-state index in [0.717, 1.165) is 33.5 Å². The minimum Gasteiger partial charge on any atom is -0.444 e. The molecule has 1 aliphatic rings. The number of nitrogens with two attached hydrogens (primary N) is 1. The average molecular weight is 443 g/mol. The molecule has 0 bridgehead atoms. The quantitative estimate of drug-likeness (QED) is 0.384. The van der Waals surface area contributed by atoms with Crippen LogP contribution in [-0.2, 0) is 35.5 Å². The van der Waals surface area contributed by atoms with Crippen molar-refractivity contribution in [2.75, 3.05) is 4.90 Å². The van der Waals surface area contributed by atoms with Gasteiger partial charge in [0.1, 0.15) is 12.1 Å². The van der Waals surface area contributed by atoms with Crippen LogP contribution in [0.2, 0.25) is 0 Å². The number of rotatable bonds is 7. The minimum absolute atomic E-state index is 0.124. The van der Waals surface area contributed by atoms with Crippen molar-refractivity contribution in [3.8, 4) is 0 Å². The molecule has 1 aliphatic carbocycles. The fraction of sp³-hybridized carbons (Fsp3) is 0.192. The summed E-state index contributed by atoms with van der Waals surface area (Å²) in [6.07, 6.45) is 1.32. The number of fused-ring (bicyclic) bond motifs is 1. The molecule has 0 aromatic heterocycles. The van der Waals surface area contributed by atoms with E-state index in [1.165, 1.54) is 0 Å². The van der Waals surface area contributed by atoms with E-state index in [9.17, 15) is 9.59 Å². The molecule has 3 aromatic rings. The predicted molar refractivity (Wildman–Crippen MR) is 127 cm³/mol. The molecular formula is C26H26N4O3. The van der Waals surface area contributed by atoms with Gasteiger partial charge in [-0.2, -0.15) is 0 Å². The van der Waals surface area contributed by atoms with Crippen molar-refractivity contribution in [2.45, 2.75) is 31.5 Å². The number of carbonyl (C=O) groups is 2. The Morgan fingerprint density at radius 1 is 0.939 bits per heavy atom. The number of ether oxygens (including phenoxy) is 1. The third-order valence-corrected chi connectivity index (χ3v) is 5.78. The third-order valence-electron chi connectivity index (χ3n) is 5.78. The molecule has 2 amide bonds. The number of hydrogen-bond donors (Lipinski definition) is 3. The van der Waals surface area contributed by atoms with Crippen molar-refractivity contribution in [1.82, 2.24) is 5.32 Å². The molecule has 33 heavy (non-hydrogen) atoms. The Morgan fingerprint density at radius 3 is 2.15 bits per heavy atom. The smallest absolute Gasteiger partial charge is 0.420 e. The summed E-state index contributed by atoms with van der Waals surface area (Å²) in [7, 11) is 0. The lowest BCUT2D eigenvalue weighted by Crippen LogP contribution is -2.54. The molecule has 4 rings (SSSR count). The van der Waals surface area contributed by atoms with Gasteiger partial charge in [0.15, 0.2) is 0 Å². The highest BCUT2D eigenvalue weighted by Crippen LogP contribution is 2.28. The Kier molecular flexibility index (Phi) is 6.51. The lowest BCUT2D eigenvalue weighted by atomic mass is 9.96. The fourth-order valence-electron chi connectivity index (χ4n) is 3.96. The van der Waals surface area contributed by atoms with Gasteiger partial charge in [-0.25, -0.2) is 9.69 Å².